The van der Waals surface area contributed by atoms with Crippen molar-refractivity contribution in [3.8, 4) is 5.69 Å². The van der Waals surface area contributed by atoms with E-state index in [2.05, 4.69) is 27.8 Å². The normalized spacial score (nSPS) is 10.9. The molecular formula is C21H19N5O. The third-order valence-corrected chi connectivity index (χ3v) is 4.71. The fraction of sp³-hybridized carbons (Fsp3) is 0.143. The monoisotopic (exact) mass is 357 g/mol. The fourth-order valence-corrected chi connectivity index (χ4v) is 3.05. The lowest BCUT2D eigenvalue weighted by molar-refractivity contribution is 0.0951. The molecule has 0 saturated heterocycles. The minimum Gasteiger partial charge on any atom is -0.345 e. The Morgan fingerprint density at radius 1 is 1.00 bits per heavy atom. The molecule has 0 aliphatic carbocycles. The second-order valence-electron chi connectivity index (χ2n) is 6.48. The molecule has 6 heteroatoms. The minimum absolute atomic E-state index is 0.151. The number of amides is 1. The van der Waals surface area contributed by atoms with Crippen molar-refractivity contribution in [1.82, 2.24) is 25.5 Å². The lowest BCUT2D eigenvalue weighted by Crippen LogP contribution is -2.25. The lowest BCUT2D eigenvalue weighted by Gasteiger charge is -2.09. The van der Waals surface area contributed by atoms with E-state index in [0.717, 1.165) is 22.0 Å². The van der Waals surface area contributed by atoms with Crippen LogP contribution in [0.4, 0.5) is 0 Å². The predicted molar refractivity (Wildman–Crippen MR) is 104 cm³/mol. The number of carbonyl (C=O) groups excluding carboxylic acids is 1. The van der Waals surface area contributed by atoms with Crippen molar-refractivity contribution < 1.29 is 4.79 Å². The molecule has 1 N–H and O–H groups in total. The van der Waals surface area contributed by atoms with E-state index in [0.29, 0.717) is 11.4 Å². The molecule has 0 aliphatic heterocycles. The zero-order valence-electron chi connectivity index (χ0n) is 15.2. The summed E-state index contributed by atoms with van der Waals surface area (Å²) in [6, 6.07) is 19.6. The third-order valence-electron chi connectivity index (χ3n) is 4.71. The van der Waals surface area contributed by atoms with Crippen molar-refractivity contribution in [1.29, 1.82) is 0 Å². The van der Waals surface area contributed by atoms with Crippen LogP contribution in [0, 0.1) is 13.8 Å². The summed E-state index contributed by atoms with van der Waals surface area (Å²) in [7, 11) is 0. The van der Waals surface area contributed by atoms with Gasteiger partial charge < -0.3 is 5.32 Å². The van der Waals surface area contributed by atoms with Crippen LogP contribution in [0.2, 0.25) is 0 Å². The van der Waals surface area contributed by atoms with Gasteiger partial charge in [-0.2, -0.15) is 4.68 Å². The van der Waals surface area contributed by atoms with Gasteiger partial charge in [-0.3, -0.25) is 4.79 Å². The molecule has 0 saturated carbocycles. The van der Waals surface area contributed by atoms with Crippen LogP contribution in [-0.2, 0) is 6.54 Å². The van der Waals surface area contributed by atoms with E-state index in [1.54, 1.807) is 4.68 Å². The van der Waals surface area contributed by atoms with Crippen molar-refractivity contribution in [3.63, 3.8) is 0 Å². The van der Waals surface area contributed by atoms with E-state index in [1.165, 1.54) is 5.56 Å². The summed E-state index contributed by atoms with van der Waals surface area (Å²) >= 11 is 0. The van der Waals surface area contributed by atoms with Gasteiger partial charge >= 0.3 is 0 Å². The number of fused-ring (bicyclic) bond motifs is 1. The van der Waals surface area contributed by atoms with Crippen molar-refractivity contribution in [2.45, 2.75) is 20.4 Å². The van der Waals surface area contributed by atoms with Crippen molar-refractivity contribution in [2.75, 3.05) is 0 Å². The Labute approximate surface area is 156 Å². The summed E-state index contributed by atoms with van der Waals surface area (Å²) < 4.78 is 1.65. The number of aromatic nitrogens is 4. The first kappa shape index (κ1) is 16.9. The Balaban J connectivity index is 1.57. The average molecular weight is 357 g/mol. The number of aryl methyl sites for hydroxylation is 2. The van der Waals surface area contributed by atoms with Crippen molar-refractivity contribution >= 4 is 16.7 Å². The maximum atomic E-state index is 12.7. The summed E-state index contributed by atoms with van der Waals surface area (Å²) in [5.41, 5.74) is 3.88. The number of hydrogen-bond donors (Lipinski definition) is 1. The maximum Gasteiger partial charge on any atom is 0.252 e. The Hall–Kier alpha value is -3.54. The van der Waals surface area contributed by atoms with Gasteiger partial charge in [0.15, 0.2) is 5.82 Å². The summed E-state index contributed by atoms with van der Waals surface area (Å²) in [5, 5.41) is 16.8. The van der Waals surface area contributed by atoms with Gasteiger partial charge in [-0.1, -0.05) is 42.5 Å². The molecule has 0 radical (unpaired) electrons. The number of benzene rings is 3. The Bertz CT molecular complexity index is 1130. The van der Waals surface area contributed by atoms with E-state index in [-0.39, 0.29) is 12.5 Å². The lowest BCUT2D eigenvalue weighted by atomic mass is 10.0. The van der Waals surface area contributed by atoms with E-state index in [4.69, 9.17) is 0 Å². The molecule has 0 fully saturated rings. The number of hydrogen-bond acceptors (Lipinski definition) is 4. The average Bonchev–Trinajstić information content (AvgIpc) is 3.16. The summed E-state index contributed by atoms with van der Waals surface area (Å²) in [6.45, 7) is 4.34. The van der Waals surface area contributed by atoms with Gasteiger partial charge in [0.1, 0.15) is 0 Å². The molecule has 6 nitrogen and oxygen atoms in total. The predicted octanol–water partition coefficient (Wildman–Crippen LogP) is 3.36. The first-order valence-electron chi connectivity index (χ1n) is 8.74. The van der Waals surface area contributed by atoms with Crippen LogP contribution >= 0.6 is 0 Å². The number of rotatable bonds is 4. The van der Waals surface area contributed by atoms with Crippen molar-refractivity contribution in [3.05, 3.63) is 83.2 Å². The van der Waals surface area contributed by atoms with Gasteiger partial charge in [0.25, 0.3) is 5.91 Å². The van der Waals surface area contributed by atoms with Crippen LogP contribution < -0.4 is 5.32 Å². The summed E-state index contributed by atoms with van der Waals surface area (Å²) in [6.07, 6.45) is 0. The van der Waals surface area contributed by atoms with E-state index in [1.807, 2.05) is 67.6 Å². The first-order chi connectivity index (χ1) is 13.1. The molecule has 27 heavy (non-hydrogen) atoms. The third kappa shape index (κ3) is 3.29. The van der Waals surface area contributed by atoms with Crippen LogP contribution in [-0.4, -0.2) is 26.1 Å². The Morgan fingerprint density at radius 2 is 1.81 bits per heavy atom. The van der Waals surface area contributed by atoms with Gasteiger partial charge in [0, 0.05) is 5.56 Å². The molecule has 4 aromatic rings. The topological polar surface area (TPSA) is 72.7 Å². The maximum absolute atomic E-state index is 12.7. The van der Waals surface area contributed by atoms with Gasteiger partial charge in [-0.25, -0.2) is 0 Å². The summed E-state index contributed by atoms with van der Waals surface area (Å²) in [5.74, 6) is 0.424. The molecule has 0 spiro atoms. The van der Waals surface area contributed by atoms with Gasteiger partial charge in [0.05, 0.1) is 12.2 Å². The zero-order valence-corrected chi connectivity index (χ0v) is 15.2. The Morgan fingerprint density at radius 3 is 2.67 bits per heavy atom. The first-order valence-corrected chi connectivity index (χ1v) is 8.74. The van der Waals surface area contributed by atoms with Gasteiger partial charge in [0.2, 0.25) is 0 Å². The highest BCUT2D eigenvalue weighted by atomic mass is 16.1. The highest BCUT2D eigenvalue weighted by Gasteiger charge is 2.13. The molecule has 1 heterocycles. The molecule has 0 unspecified atom stereocenters. The van der Waals surface area contributed by atoms with E-state index < -0.39 is 0 Å². The molecule has 134 valence electrons. The molecule has 0 atom stereocenters. The molecule has 0 aliphatic rings. The van der Waals surface area contributed by atoms with E-state index in [9.17, 15) is 4.79 Å². The quantitative estimate of drug-likeness (QED) is 0.608. The van der Waals surface area contributed by atoms with Crippen molar-refractivity contribution in [2.24, 2.45) is 0 Å². The highest BCUT2D eigenvalue weighted by molar-refractivity contribution is 6.06. The number of tetrazole rings is 1. The summed E-state index contributed by atoms with van der Waals surface area (Å²) in [4.78, 5) is 12.7. The number of carbonyl (C=O) groups is 1. The molecule has 0 bridgehead atoms. The van der Waals surface area contributed by atoms with Crippen LogP contribution in [0.25, 0.3) is 16.5 Å². The van der Waals surface area contributed by atoms with E-state index >= 15 is 0 Å². The van der Waals surface area contributed by atoms with Gasteiger partial charge in [-0.15, -0.1) is 5.10 Å². The zero-order chi connectivity index (χ0) is 18.8. The largest absolute Gasteiger partial charge is 0.345 e. The number of nitrogens with zero attached hydrogens (tertiary/aromatic N) is 4. The number of nitrogens with one attached hydrogen (secondary N) is 1. The molecular weight excluding hydrogens is 338 g/mol. The molecule has 1 amide bonds. The van der Waals surface area contributed by atoms with Crippen LogP contribution in [0.5, 0.6) is 0 Å². The van der Waals surface area contributed by atoms with Crippen LogP contribution in [0.1, 0.15) is 27.3 Å². The SMILES string of the molecule is Cc1ccc(-n2nnnc2CNC(=O)c2cccc3ccccc23)cc1C. The standard InChI is InChI=1S/C21H19N5O/c1-14-10-11-17(12-15(14)2)26-20(23-24-25-26)13-22-21(27)19-9-5-7-16-6-3-4-8-18(16)19/h3-12H,13H2,1-2H3,(H,22,27). The molecule has 1 aromatic heterocycles. The minimum atomic E-state index is -0.151. The molecule has 3 aromatic carbocycles. The second kappa shape index (κ2) is 6.99. The van der Waals surface area contributed by atoms with Gasteiger partial charge in [-0.05, 0) is 64.4 Å². The fourth-order valence-electron chi connectivity index (χ4n) is 3.05. The molecule has 4 rings (SSSR count). The van der Waals surface area contributed by atoms with Crippen LogP contribution in [0.3, 0.4) is 0 Å². The Kier molecular flexibility index (Phi) is 4.38. The van der Waals surface area contributed by atoms with Crippen LogP contribution in [0.15, 0.2) is 60.7 Å². The smallest absolute Gasteiger partial charge is 0.252 e. The highest BCUT2D eigenvalue weighted by Crippen LogP contribution is 2.18. The second-order valence-corrected chi connectivity index (χ2v) is 6.48.